The Balaban J connectivity index is 2.16. The van der Waals surface area contributed by atoms with Crippen LogP contribution in [-0.2, 0) is 0 Å². The molecular weight excluding hydrogens is 348 g/mol. The molecule has 0 aliphatic rings. The zero-order valence-corrected chi connectivity index (χ0v) is 12.7. The predicted octanol–water partition coefficient (Wildman–Crippen LogP) is 5.07. The van der Waals surface area contributed by atoms with E-state index in [9.17, 15) is 0 Å². The lowest BCUT2D eigenvalue weighted by Crippen LogP contribution is -1.88. The molecule has 2 aromatic heterocycles. The Labute approximate surface area is 127 Å². The molecular formula is C13H8BrClN2OS. The minimum atomic E-state index is 0.377. The molecule has 96 valence electrons. The maximum absolute atomic E-state index is 5.96. The summed E-state index contributed by atoms with van der Waals surface area (Å²) >= 11 is 10.8. The first kappa shape index (κ1) is 12.7. The Morgan fingerprint density at radius 1 is 1.16 bits per heavy atom. The van der Waals surface area contributed by atoms with Gasteiger partial charge >= 0.3 is 0 Å². The van der Waals surface area contributed by atoms with Crippen LogP contribution < -0.4 is 5.73 Å². The van der Waals surface area contributed by atoms with Gasteiger partial charge in [-0.2, -0.15) is 0 Å². The largest absolute Gasteiger partial charge is 0.380 e. The van der Waals surface area contributed by atoms with Gasteiger partial charge in [0.1, 0.15) is 0 Å². The summed E-state index contributed by atoms with van der Waals surface area (Å²) in [6, 6.07) is 11.6. The van der Waals surface area contributed by atoms with Crippen molar-refractivity contribution in [3.8, 4) is 21.8 Å². The highest BCUT2D eigenvalue weighted by atomic mass is 79.9. The summed E-state index contributed by atoms with van der Waals surface area (Å²) in [4.78, 5) is 0.909. The summed E-state index contributed by atoms with van der Waals surface area (Å²) in [5.41, 5.74) is 7.67. The molecule has 0 unspecified atom stereocenters. The van der Waals surface area contributed by atoms with E-state index in [-0.39, 0.29) is 0 Å². The number of benzene rings is 1. The van der Waals surface area contributed by atoms with Gasteiger partial charge in [0.25, 0.3) is 0 Å². The second-order valence-electron chi connectivity index (χ2n) is 3.88. The molecule has 1 aromatic carbocycles. The van der Waals surface area contributed by atoms with E-state index < -0.39 is 0 Å². The van der Waals surface area contributed by atoms with Crippen molar-refractivity contribution in [2.24, 2.45) is 0 Å². The Morgan fingerprint density at radius 2 is 1.89 bits per heavy atom. The fourth-order valence-electron chi connectivity index (χ4n) is 1.80. The lowest BCUT2D eigenvalue weighted by Gasteiger charge is -2.01. The van der Waals surface area contributed by atoms with Gasteiger partial charge in [-0.15, -0.1) is 11.3 Å². The topological polar surface area (TPSA) is 52.0 Å². The monoisotopic (exact) mass is 354 g/mol. The standard InChI is InChI=1S/C13H8BrClN2OS/c14-8-3-1-7(2-4-8)11-12(18-17-13(11)16)9-5-6-10(15)19-9/h1-6H,(H2,16,17). The van der Waals surface area contributed by atoms with E-state index in [1.54, 1.807) is 0 Å². The molecule has 0 atom stereocenters. The molecule has 6 heteroatoms. The average Bonchev–Trinajstić information content (AvgIpc) is 2.97. The highest BCUT2D eigenvalue weighted by Gasteiger charge is 2.18. The van der Waals surface area contributed by atoms with Crippen LogP contribution in [0.4, 0.5) is 5.82 Å². The number of nitrogen functional groups attached to an aromatic ring is 1. The van der Waals surface area contributed by atoms with E-state index in [2.05, 4.69) is 21.1 Å². The molecule has 0 aliphatic carbocycles. The Hall–Kier alpha value is -1.30. The van der Waals surface area contributed by atoms with Crippen LogP contribution in [0.3, 0.4) is 0 Å². The number of hydrogen-bond acceptors (Lipinski definition) is 4. The van der Waals surface area contributed by atoms with Crippen LogP contribution in [0.15, 0.2) is 45.4 Å². The van der Waals surface area contributed by atoms with Crippen LogP contribution in [-0.4, -0.2) is 5.16 Å². The summed E-state index contributed by atoms with van der Waals surface area (Å²) in [5, 5.41) is 3.86. The molecule has 0 saturated carbocycles. The van der Waals surface area contributed by atoms with Crippen LogP contribution in [0, 0.1) is 0 Å². The van der Waals surface area contributed by atoms with Crippen LogP contribution in [0.5, 0.6) is 0 Å². The molecule has 2 heterocycles. The van der Waals surface area contributed by atoms with Crippen LogP contribution in [0.25, 0.3) is 21.8 Å². The van der Waals surface area contributed by atoms with Gasteiger partial charge in [-0.05, 0) is 29.8 Å². The molecule has 0 amide bonds. The van der Waals surface area contributed by atoms with Gasteiger partial charge in [0.15, 0.2) is 11.6 Å². The Bertz CT molecular complexity index is 721. The number of rotatable bonds is 2. The van der Waals surface area contributed by atoms with Crippen molar-refractivity contribution in [3.05, 3.63) is 45.2 Å². The SMILES string of the molecule is Nc1noc(-c2ccc(Cl)s2)c1-c1ccc(Br)cc1. The number of aromatic nitrogens is 1. The third kappa shape index (κ3) is 2.41. The van der Waals surface area contributed by atoms with Crippen molar-refractivity contribution in [3.63, 3.8) is 0 Å². The first-order chi connectivity index (χ1) is 9.15. The molecule has 0 saturated heterocycles. The first-order valence-corrected chi connectivity index (χ1v) is 7.40. The van der Waals surface area contributed by atoms with E-state index in [1.165, 1.54) is 11.3 Å². The van der Waals surface area contributed by atoms with E-state index in [0.717, 1.165) is 20.5 Å². The summed E-state index contributed by atoms with van der Waals surface area (Å²) < 4.78 is 7.05. The maximum Gasteiger partial charge on any atom is 0.186 e. The number of anilines is 1. The van der Waals surface area contributed by atoms with Crippen molar-refractivity contribution in [1.29, 1.82) is 0 Å². The smallest absolute Gasteiger partial charge is 0.186 e. The van der Waals surface area contributed by atoms with Gasteiger partial charge < -0.3 is 10.3 Å². The minimum Gasteiger partial charge on any atom is -0.380 e. The van der Waals surface area contributed by atoms with E-state index in [0.29, 0.717) is 15.9 Å². The van der Waals surface area contributed by atoms with Gasteiger partial charge in [0, 0.05) is 4.47 Å². The number of thiophene rings is 1. The third-order valence-electron chi connectivity index (χ3n) is 2.65. The van der Waals surface area contributed by atoms with Crippen LogP contribution in [0.2, 0.25) is 4.34 Å². The summed E-state index contributed by atoms with van der Waals surface area (Å²) in [6.45, 7) is 0. The zero-order chi connectivity index (χ0) is 13.4. The minimum absolute atomic E-state index is 0.377. The Morgan fingerprint density at radius 3 is 2.53 bits per heavy atom. The molecule has 0 aliphatic heterocycles. The molecule has 0 spiro atoms. The summed E-state index contributed by atoms with van der Waals surface area (Å²) in [6.07, 6.45) is 0. The molecule has 19 heavy (non-hydrogen) atoms. The Kier molecular flexibility index (Phi) is 3.35. The van der Waals surface area contributed by atoms with E-state index in [1.807, 2.05) is 36.4 Å². The van der Waals surface area contributed by atoms with Crippen molar-refractivity contribution in [1.82, 2.24) is 5.16 Å². The lowest BCUT2D eigenvalue weighted by atomic mass is 10.1. The van der Waals surface area contributed by atoms with E-state index >= 15 is 0 Å². The fraction of sp³-hybridized carbons (Fsp3) is 0. The van der Waals surface area contributed by atoms with Crippen LogP contribution >= 0.6 is 38.9 Å². The van der Waals surface area contributed by atoms with Crippen molar-refractivity contribution >= 4 is 44.7 Å². The summed E-state index contributed by atoms with van der Waals surface area (Å²) in [5.74, 6) is 1.03. The average molecular weight is 356 g/mol. The number of nitrogens with zero attached hydrogens (tertiary/aromatic N) is 1. The number of nitrogens with two attached hydrogens (primary N) is 1. The molecule has 3 rings (SSSR count). The van der Waals surface area contributed by atoms with Gasteiger partial charge in [-0.1, -0.05) is 44.8 Å². The second-order valence-corrected chi connectivity index (χ2v) is 6.51. The molecule has 0 fully saturated rings. The lowest BCUT2D eigenvalue weighted by molar-refractivity contribution is 0.437. The van der Waals surface area contributed by atoms with Crippen molar-refractivity contribution in [2.75, 3.05) is 5.73 Å². The molecule has 0 radical (unpaired) electrons. The normalized spacial score (nSPS) is 10.8. The highest BCUT2D eigenvalue weighted by molar-refractivity contribution is 9.10. The second kappa shape index (κ2) is 5.00. The van der Waals surface area contributed by atoms with Crippen molar-refractivity contribution in [2.45, 2.75) is 0 Å². The van der Waals surface area contributed by atoms with E-state index in [4.69, 9.17) is 21.9 Å². The van der Waals surface area contributed by atoms with Gasteiger partial charge in [-0.25, -0.2) is 0 Å². The molecule has 0 bridgehead atoms. The van der Waals surface area contributed by atoms with Crippen LogP contribution in [0.1, 0.15) is 0 Å². The molecule has 3 nitrogen and oxygen atoms in total. The molecule has 2 N–H and O–H groups in total. The predicted molar refractivity (Wildman–Crippen MR) is 82.4 cm³/mol. The zero-order valence-electron chi connectivity index (χ0n) is 9.56. The van der Waals surface area contributed by atoms with Gasteiger partial charge in [-0.3, -0.25) is 0 Å². The quantitative estimate of drug-likeness (QED) is 0.698. The maximum atomic E-state index is 5.96. The van der Waals surface area contributed by atoms with Gasteiger partial charge in [0.2, 0.25) is 0 Å². The van der Waals surface area contributed by atoms with Crippen molar-refractivity contribution < 1.29 is 4.52 Å². The first-order valence-electron chi connectivity index (χ1n) is 5.42. The molecule has 3 aromatic rings. The number of halogens is 2. The highest BCUT2D eigenvalue weighted by Crippen LogP contribution is 2.40. The van der Waals surface area contributed by atoms with Gasteiger partial charge in [0.05, 0.1) is 14.8 Å². The number of hydrogen-bond donors (Lipinski definition) is 1. The fourth-order valence-corrected chi connectivity index (χ4v) is 3.09. The summed E-state index contributed by atoms with van der Waals surface area (Å²) in [7, 11) is 0. The third-order valence-corrected chi connectivity index (χ3v) is 4.41.